The fraction of sp³-hybridized carbons (Fsp3) is 0.214. The molecular formula is C14H13Cl3N4O2. The van der Waals surface area contributed by atoms with Crippen LogP contribution in [0.15, 0.2) is 29.1 Å². The van der Waals surface area contributed by atoms with E-state index >= 15 is 0 Å². The summed E-state index contributed by atoms with van der Waals surface area (Å²) in [4.78, 5) is 23.7. The Balaban J connectivity index is 2.14. The third kappa shape index (κ3) is 4.37. The van der Waals surface area contributed by atoms with Gasteiger partial charge in [0, 0.05) is 17.6 Å². The Morgan fingerprint density at radius 3 is 2.48 bits per heavy atom. The number of carbonyl (C=O) groups is 1. The van der Waals surface area contributed by atoms with E-state index in [1.807, 2.05) is 6.92 Å². The van der Waals surface area contributed by atoms with E-state index in [9.17, 15) is 9.59 Å². The van der Waals surface area contributed by atoms with E-state index in [1.165, 1.54) is 28.9 Å². The lowest BCUT2D eigenvalue weighted by Crippen LogP contribution is -2.33. The van der Waals surface area contributed by atoms with Crippen molar-refractivity contribution < 1.29 is 4.79 Å². The summed E-state index contributed by atoms with van der Waals surface area (Å²) in [6.07, 6.45) is 0.728. The molecule has 6 nitrogen and oxygen atoms in total. The number of hydrazine groups is 1. The lowest BCUT2D eigenvalue weighted by molar-refractivity contribution is 0.0955. The predicted octanol–water partition coefficient (Wildman–Crippen LogP) is 3.37. The van der Waals surface area contributed by atoms with E-state index in [4.69, 9.17) is 34.8 Å². The van der Waals surface area contributed by atoms with Gasteiger partial charge in [-0.25, -0.2) is 4.68 Å². The third-order valence-corrected chi connectivity index (χ3v) is 3.66. The summed E-state index contributed by atoms with van der Waals surface area (Å²) >= 11 is 17.8. The monoisotopic (exact) mass is 374 g/mol. The van der Waals surface area contributed by atoms with Crippen LogP contribution < -0.4 is 16.4 Å². The summed E-state index contributed by atoms with van der Waals surface area (Å²) in [6, 6.07) is 5.61. The molecule has 2 aromatic rings. The van der Waals surface area contributed by atoms with Gasteiger partial charge >= 0.3 is 0 Å². The number of nitrogens with zero attached hydrogens (tertiary/aromatic N) is 2. The van der Waals surface area contributed by atoms with Gasteiger partial charge in [0.05, 0.1) is 15.7 Å². The van der Waals surface area contributed by atoms with Crippen LogP contribution in [-0.2, 0) is 6.54 Å². The first-order valence-corrected chi connectivity index (χ1v) is 7.85. The molecular weight excluding hydrogens is 363 g/mol. The molecule has 0 atom stereocenters. The summed E-state index contributed by atoms with van der Waals surface area (Å²) < 4.78 is 1.23. The predicted molar refractivity (Wildman–Crippen MR) is 91.3 cm³/mol. The molecule has 0 bridgehead atoms. The molecule has 23 heavy (non-hydrogen) atoms. The minimum atomic E-state index is -0.531. The number of aromatic nitrogens is 2. The molecule has 1 aromatic heterocycles. The Hall–Kier alpha value is -1.76. The van der Waals surface area contributed by atoms with Gasteiger partial charge in [-0.1, -0.05) is 41.7 Å². The van der Waals surface area contributed by atoms with Gasteiger partial charge in [0.25, 0.3) is 11.5 Å². The van der Waals surface area contributed by atoms with E-state index < -0.39 is 5.91 Å². The molecule has 0 aliphatic heterocycles. The van der Waals surface area contributed by atoms with Crippen LogP contribution in [0.25, 0.3) is 0 Å². The highest BCUT2D eigenvalue weighted by Gasteiger charge is 2.12. The summed E-state index contributed by atoms with van der Waals surface area (Å²) in [6.45, 7) is 2.34. The molecule has 0 saturated carbocycles. The zero-order valence-corrected chi connectivity index (χ0v) is 14.3. The van der Waals surface area contributed by atoms with Gasteiger partial charge in [0.2, 0.25) is 0 Å². The van der Waals surface area contributed by atoms with Crippen molar-refractivity contribution in [1.29, 1.82) is 0 Å². The highest BCUT2D eigenvalue weighted by molar-refractivity contribution is 6.41. The number of halogens is 3. The van der Waals surface area contributed by atoms with Crippen molar-refractivity contribution in [2.75, 3.05) is 5.43 Å². The minimum absolute atomic E-state index is 0.0896. The molecule has 0 radical (unpaired) electrons. The second-order valence-corrected chi connectivity index (χ2v) is 5.85. The van der Waals surface area contributed by atoms with Crippen LogP contribution in [0.5, 0.6) is 0 Å². The Bertz CT molecular complexity index is 769. The van der Waals surface area contributed by atoms with E-state index in [-0.39, 0.29) is 21.3 Å². The number of amides is 1. The summed E-state index contributed by atoms with van der Waals surface area (Å²) in [7, 11) is 0. The van der Waals surface area contributed by atoms with E-state index in [1.54, 1.807) is 0 Å². The fourth-order valence-corrected chi connectivity index (χ4v) is 2.70. The maximum absolute atomic E-state index is 12.1. The molecule has 0 unspecified atom stereocenters. The van der Waals surface area contributed by atoms with Gasteiger partial charge in [0.15, 0.2) is 5.69 Å². The lowest BCUT2D eigenvalue weighted by Gasteiger charge is -2.12. The van der Waals surface area contributed by atoms with Gasteiger partial charge in [-0.05, 0) is 24.6 Å². The average Bonchev–Trinajstić information content (AvgIpc) is 2.48. The van der Waals surface area contributed by atoms with Crippen LogP contribution in [0.3, 0.4) is 0 Å². The minimum Gasteiger partial charge on any atom is -0.295 e. The van der Waals surface area contributed by atoms with Crippen LogP contribution in [0.1, 0.15) is 23.8 Å². The summed E-state index contributed by atoms with van der Waals surface area (Å²) in [5.41, 5.74) is 5.19. The van der Waals surface area contributed by atoms with Crippen molar-refractivity contribution >= 4 is 46.4 Å². The molecule has 0 aliphatic carbocycles. The molecule has 2 N–H and O–H groups in total. The second kappa shape index (κ2) is 7.68. The molecule has 1 aromatic carbocycles. The maximum atomic E-state index is 12.1. The first kappa shape index (κ1) is 17.6. The van der Waals surface area contributed by atoms with Crippen molar-refractivity contribution in [1.82, 2.24) is 15.2 Å². The Labute approximate surface area is 147 Å². The van der Waals surface area contributed by atoms with Crippen molar-refractivity contribution in [2.24, 2.45) is 0 Å². The Morgan fingerprint density at radius 2 is 1.87 bits per heavy atom. The van der Waals surface area contributed by atoms with Gasteiger partial charge in [0.1, 0.15) is 0 Å². The molecule has 9 heteroatoms. The summed E-state index contributed by atoms with van der Waals surface area (Å²) in [5, 5.41) is 4.89. The van der Waals surface area contributed by atoms with Crippen molar-refractivity contribution in [3.63, 3.8) is 0 Å². The number of benzene rings is 1. The molecule has 122 valence electrons. The van der Waals surface area contributed by atoms with Crippen LogP contribution in [0.4, 0.5) is 5.69 Å². The van der Waals surface area contributed by atoms with Crippen molar-refractivity contribution in [3.05, 3.63) is 55.4 Å². The van der Waals surface area contributed by atoms with Crippen LogP contribution in [0.2, 0.25) is 15.1 Å². The smallest absolute Gasteiger partial charge is 0.290 e. The van der Waals surface area contributed by atoms with E-state index in [2.05, 4.69) is 16.0 Å². The van der Waals surface area contributed by atoms with Crippen molar-refractivity contribution in [2.45, 2.75) is 19.9 Å². The molecule has 0 spiro atoms. The molecule has 2 rings (SSSR count). The standard InChI is InChI=1S/C14H13Cl3N4O2/c1-2-5-21-12(22)4-3-11(20-21)14(23)19-18-13-9(16)6-8(15)7-10(13)17/h3-4,6-7,18H,2,5H2,1H3,(H,19,23). The largest absolute Gasteiger partial charge is 0.295 e. The van der Waals surface area contributed by atoms with E-state index in [0.29, 0.717) is 17.3 Å². The number of hydrogen-bond donors (Lipinski definition) is 2. The van der Waals surface area contributed by atoms with Gasteiger partial charge in [-0.2, -0.15) is 5.10 Å². The SMILES string of the molecule is CCCn1nc(C(=O)NNc2c(Cl)cc(Cl)cc2Cl)ccc1=O. The van der Waals surface area contributed by atoms with Gasteiger partial charge in [-0.3, -0.25) is 20.4 Å². The lowest BCUT2D eigenvalue weighted by atomic mass is 10.3. The van der Waals surface area contributed by atoms with Gasteiger partial charge < -0.3 is 0 Å². The normalized spacial score (nSPS) is 10.4. The van der Waals surface area contributed by atoms with E-state index in [0.717, 1.165) is 6.42 Å². The average molecular weight is 376 g/mol. The molecule has 0 aliphatic rings. The summed E-state index contributed by atoms with van der Waals surface area (Å²) in [5.74, 6) is -0.531. The zero-order chi connectivity index (χ0) is 17.0. The third-order valence-electron chi connectivity index (χ3n) is 2.84. The molecule has 0 saturated heterocycles. The second-order valence-electron chi connectivity index (χ2n) is 4.60. The quantitative estimate of drug-likeness (QED) is 0.786. The highest BCUT2D eigenvalue weighted by atomic mass is 35.5. The number of anilines is 1. The highest BCUT2D eigenvalue weighted by Crippen LogP contribution is 2.33. The van der Waals surface area contributed by atoms with Crippen LogP contribution >= 0.6 is 34.8 Å². The topological polar surface area (TPSA) is 76.0 Å². The van der Waals surface area contributed by atoms with Crippen LogP contribution in [-0.4, -0.2) is 15.7 Å². The van der Waals surface area contributed by atoms with Crippen molar-refractivity contribution in [3.8, 4) is 0 Å². The molecule has 1 heterocycles. The Kier molecular flexibility index (Phi) is 5.87. The first-order chi connectivity index (χ1) is 10.9. The fourth-order valence-electron chi connectivity index (χ4n) is 1.79. The molecule has 1 amide bonds. The zero-order valence-electron chi connectivity index (χ0n) is 12.1. The number of rotatable bonds is 5. The van der Waals surface area contributed by atoms with Gasteiger partial charge in [-0.15, -0.1) is 0 Å². The Morgan fingerprint density at radius 1 is 1.22 bits per heavy atom. The number of hydrogen-bond acceptors (Lipinski definition) is 4. The molecule has 0 fully saturated rings. The number of carbonyl (C=O) groups excluding carboxylic acids is 1. The maximum Gasteiger partial charge on any atom is 0.290 e. The first-order valence-electron chi connectivity index (χ1n) is 6.71. The number of aryl methyl sites for hydroxylation is 1. The number of nitrogens with one attached hydrogen (secondary N) is 2. The van der Waals surface area contributed by atoms with Crippen LogP contribution in [0, 0.1) is 0 Å².